The third kappa shape index (κ3) is 3.38. The number of carbonyl (C=O) groups excluding carboxylic acids is 1. The summed E-state index contributed by atoms with van der Waals surface area (Å²) in [6, 6.07) is 4.49. The zero-order chi connectivity index (χ0) is 11.4. The maximum Gasteiger partial charge on any atom is 0.237 e. The third-order valence-corrected chi connectivity index (χ3v) is 2.63. The second kappa shape index (κ2) is 5.35. The number of nitrogens with two attached hydrogens (primary N) is 1. The highest BCUT2D eigenvalue weighted by atomic mass is 35.5. The summed E-state index contributed by atoms with van der Waals surface area (Å²) in [6.07, 6.45) is 0.374. The first-order valence-electron chi connectivity index (χ1n) is 4.45. The average Bonchev–Trinajstić information content (AvgIpc) is 2.22. The minimum Gasteiger partial charge on any atom is -0.358 e. The monoisotopic (exact) mass is 246 g/mol. The van der Waals surface area contributed by atoms with Crippen LogP contribution in [0.15, 0.2) is 18.2 Å². The van der Waals surface area contributed by atoms with Crippen molar-refractivity contribution in [2.75, 3.05) is 7.05 Å². The van der Waals surface area contributed by atoms with Crippen molar-refractivity contribution in [2.45, 2.75) is 12.5 Å². The first-order valence-corrected chi connectivity index (χ1v) is 5.21. The number of benzene rings is 1. The van der Waals surface area contributed by atoms with Crippen molar-refractivity contribution >= 4 is 29.1 Å². The van der Waals surface area contributed by atoms with Crippen LogP contribution in [0.3, 0.4) is 0 Å². The predicted molar refractivity (Wildman–Crippen MR) is 62.2 cm³/mol. The third-order valence-electron chi connectivity index (χ3n) is 2.03. The van der Waals surface area contributed by atoms with E-state index >= 15 is 0 Å². The minimum absolute atomic E-state index is 0.217. The molecule has 0 radical (unpaired) electrons. The number of hydrogen-bond acceptors (Lipinski definition) is 2. The first kappa shape index (κ1) is 12.3. The molecule has 0 heterocycles. The van der Waals surface area contributed by atoms with Crippen molar-refractivity contribution in [2.24, 2.45) is 5.73 Å². The van der Waals surface area contributed by atoms with Gasteiger partial charge in [-0.2, -0.15) is 0 Å². The second-order valence-corrected chi connectivity index (χ2v) is 4.00. The smallest absolute Gasteiger partial charge is 0.237 e. The lowest BCUT2D eigenvalue weighted by Crippen LogP contribution is -2.40. The molecular weight excluding hydrogens is 235 g/mol. The van der Waals surface area contributed by atoms with E-state index in [-0.39, 0.29) is 5.91 Å². The van der Waals surface area contributed by atoms with Crippen molar-refractivity contribution in [1.82, 2.24) is 5.32 Å². The van der Waals surface area contributed by atoms with Gasteiger partial charge in [-0.05, 0) is 30.2 Å². The van der Waals surface area contributed by atoms with Gasteiger partial charge >= 0.3 is 0 Å². The van der Waals surface area contributed by atoms with Crippen LogP contribution in [-0.4, -0.2) is 19.0 Å². The molecule has 3 N–H and O–H groups in total. The van der Waals surface area contributed by atoms with E-state index in [2.05, 4.69) is 5.32 Å². The van der Waals surface area contributed by atoms with Crippen molar-refractivity contribution in [3.05, 3.63) is 33.8 Å². The SMILES string of the molecule is CNC(=O)[C@@H](N)Cc1cc(Cl)ccc1Cl. The summed E-state index contributed by atoms with van der Waals surface area (Å²) < 4.78 is 0. The molecule has 1 amide bonds. The Hall–Kier alpha value is -0.770. The van der Waals surface area contributed by atoms with Crippen molar-refractivity contribution in [1.29, 1.82) is 0 Å². The Balaban J connectivity index is 2.80. The lowest BCUT2D eigenvalue weighted by atomic mass is 10.1. The lowest BCUT2D eigenvalue weighted by Gasteiger charge is -2.11. The van der Waals surface area contributed by atoms with Crippen LogP contribution in [0.5, 0.6) is 0 Å². The Morgan fingerprint density at radius 1 is 1.53 bits per heavy atom. The van der Waals surface area contributed by atoms with E-state index in [1.54, 1.807) is 25.2 Å². The predicted octanol–water partition coefficient (Wildman–Crippen LogP) is 1.61. The van der Waals surface area contributed by atoms with Gasteiger partial charge in [0.1, 0.15) is 0 Å². The highest BCUT2D eigenvalue weighted by Crippen LogP contribution is 2.21. The summed E-state index contributed by atoms with van der Waals surface area (Å²) >= 11 is 11.8. The molecule has 0 aliphatic rings. The van der Waals surface area contributed by atoms with E-state index in [4.69, 9.17) is 28.9 Å². The maximum atomic E-state index is 11.2. The molecule has 0 aliphatic carbocycles. The van der Waals surface area contributed by atoms with Crippen molar-refractivity contribution < 1.29 is 4.79 Å². The van der Waals surface area contributed by atoms with Gasteiger partial charge in [-0.1, -0.05) is 23.2 Å². The number of nitrogens with one attached hydrogen (secondary N) is 1. The Kier molecular flexibility index (Phi) is 4.39. The fraction of sp³-hybridized carbons (Fsp3) is 0.300. The summed E-state index contributed by atoms with van der Waals surface area (Å²) in [6.45, 7) is 0. The van der Waals surface area contributed by atoms with E-state index < -0.39 is 6.04 Å². The van der Waals surface area contributed by atoms with Gasteiger partial charge in [0.15, 0.2) is 0 Å². The average molecular weight is 247 g/mol. The number of hydrogen-bond donors (Lipinski definition) is 2. The molecule has 0 fully saturated rings. The molecule has 15 heavy (non-hydrogen) atoms. The van der Waals surface area contributed by atoms with E-state index in [9.17, 15) is 4.79 Å². The molecule has 0 unspecified atom stereocenters. The van der Waals surface area contributed by atoms with Gasteiger partial charge in [0.2, 0.25) is 5.91 Å². The molecule has 0 aromatic heterocycles. The molecule has 3 nitrogen and oxygen atoms in total. The van der Waals surface area contributed by atoms with Crippen molar-refractivity contribution in [3.8, 4) is 0 Å². The molecule has 0 saturated carbocycles. The largest absolute Gasteiger partial charge is 0.358 e. The quantitative estimate of drug-likeness (QED) is 0.852. The second-order valence-electron chi connectivity index (χ2n) is 3.16. The highest BCUT2D eigenvalue weighted by molar-refractivity contribution is 6.33. The number of rotatable bonds is 3. The zero-order valence-electron chi connectivity index (χ0n) is 8.26. The Morgan fingerprint density at radius 2 is 2.20 bits per heavy atom. The molecule has 0 bridgehead atoms. The molecule has 1 aromatic rings. The number of amides is 1. The molecule has 0 aliphatic heterocycles. The van der Waals surface area contributed by atoms with Crippen LogP contribution in [0, 0.1) is 0 Å². The summed E-state index contributed by atoms with van der Waals surface area (Å²) in [4.78, 5) is 11.2. The van der Waals surface area contributed by atoms with Crippen LogP contribution in [0.2, 0.25) is 10.0 Å². The molecule has 5 heteroatoms. The molecule has 1 atom stereocenters. The topological polar surface area (TPSA) is 55.1 Å². The highest BCUT2D eigenvalue weighted by Gasteiger charge is 2.14. The molecule has 1 aromatic carbocycles. The van der Waals surface area contributed by atoms with Gasteiger partial charge in [-0.3, -0.25) is 4.79 Å². The zero-order valence-corrected chi connectivity index (χ0v) is 9.77. The van der Waals surface area contributed by atoms with Crippen LogP contribution < -0.4 is 11.1 Å². The fourth-order valence-electron chi connectivity index (χ4n) is 1.21. The summed E-state index contributed by atoms with van der Waals surface area (Å²) in [5.41, 5.74) is 6.44. The first-order chi connectivity index (χ1) is 7.04. The normalized spacial score (nSPS) is 12.3. The van der Waals surface area contributed by atoms with Crippen LogP contribution >= 0.6 is 23.2 Å². The van der Waals surface area contributed by atoms with Gasteiger partial charge in [0, 0.05) is 17.1 Å². The standard InChI is InChI=1S/C10H12Cl2N2O/c1-14-10(15)9(13)5-6-4-7(11)2-3-8(6)12/h2-4,9H,5,13H2,1H3,(H,14,15)/t9-/m0/s1. The minimum atomic E-state index is -0.606. The Labute approximate surface area is 98.5 Å². The Bertz CT molecular complexity index is 368. The van der Waals surface area contributed by atoms with E-state index in [1.165, 1.54) is 0 Å². The molecular formula is C10H12Cl2N2O. The summed E-state index contributed by atoms with van der Waals surface area (Å²) in [5.74, 6) is -0.217. The molecule has 0 spiro atoms. The number of halogens is 2. The van der Waals surface area contributed by atoms with Crippen LogP contribution in [-0.2, 0) is 11.2 Å². The van der Waals surface area contributed by atoms with Crippen molar-refractivity contribution in [3.63, 3.8) is 0 Å². The van der Waals surface area contributed by atoms with Crippen LogP contribution in [0.4, 0.5) is 0 Å². The van der Waals surface area contributed by atoms with E-state index in [1.807, 2.05) is 0 Å². The van der Waals surface area contributed by atoms with Gasteiger partial charge in [-0.25, -0.2) is 0 Å². The Morgan fingerprint density at radius 3 is 2.80 bits per heavy atom. The van der Waals surface area contributed by atoms with E-state index in [0.717, 1.165) is 5.56 Å². The molecule has 1 rings (SSSR count). The fourth-order valence-corrected chi connectivity index (χ4v) is 1.60. The number of carbonyl (C=O) groups is 1. The van der Waals surface area contributed by atoms with Gasteiger partial charge in [-0.15, -0.1) is 0 Å². The van der Waals surface area contributed by atoms with Gasteiger partial charge in [0.05, 0.1) is 6.04 Å². The van der Waals surface area contributed by atoms with Crippen LogP contribution in [0.1, 0.15) is 5.56 Å². The van der Waals surface area contributed by atoms with E-state index in [0.29, 0.717) is 16.5 Å². The van der Waals surface area contributed by atoms with Gasteiger partial charge < -0.3 is 11.1 Å². The number of likely N-dealkylation sites (N-methyl/N-ethyl adjacent to an activating group) is 1. The van der Waals surface area contributed by atoms with Gasteiger partial charge in [0.25, 0.3) is 0 Å². The summed E-state index contributed by atoms with van der Waals surface area (Å²) in [7, 11) is 1.54. The molecule has 0 saturated heterocycles. The summed E-state index contributed by atoms with van der Waals surface area (Å²) in [5, 5.41) is 3.63. The van der Waals surface area contributed by atoms with Crippen LogP contribution in [0.25, 0.3) is 0 Å². The maximum absolute atomic E-state index is 11.2. The lowest BCUT2D eigenvalue weighted by molar-refractivity contribution is -0.121. The molecule has 82 valence electrons.